The smallest absolute Gasteiger partial charge is 0.147 e. The van der Waals surface area contributed by atoms with Gasteiger partial charge in [-0.3, -0.25) is 0 Å². The van der Waals surface area contributed by atoms with Crippen LogP contribution in [0, 0.1) is 12.7 Å². The summed E-state index contributed by atoms with van der Waals surface area (Å²) in [5.41, 5.74) is 1.64. The molecule has 102 valence electrons. The molecule has 0 aromatic heterocycles. The zero-order valence-corrected chi connectivity index (χ0v) is 11.8. The molecule has 0 fully saturated rings. The normalized spacial score (nSPS) is 13.6. The molecule has 0 spiro atoms. The monoisotopic (exact) mass is 273 g/mol. The van der Waals surface area contributed by atoms with Crippen molar-refractivity contribution in [2.24, 2.45) is 0 Å². The van der Waals surface area contributed by atoms with E-state index in [1.165, 1.54) is 18.4 Å². The van der Waals surface area contributed by atoms with Gasteiger partial charge < -0.3 is 5.32 Å². The summed E-state index contributed by atoms with van der Waals surface area (Å²) in [4.78, 5) is 0. The first kappa shape index (κ1) is 15.1. The third-order valence-corrected chi connectivity index (χ3v) is 3.67. The van der Waals surface area contributed by atoms with Gasteiger partial charge in [0, 0.05) is 12.3 Å². The number of nitrogens with one attached hydrogen (secondary N) is 1. The molecule has 0 amide bonds. The number of rotatable bonds is 6. The molecule has 0 aliphatic carbocycles. The van der Waals surface area contributed by atoms with Gasteiger partial charge in [0.25, 0.3) is 0 Å². The molecule has 0 bridgehead atoms. The van der Waals surface area contributed by atoms with Gasteiger partial charge >= 0.3 is 0 Å². The molecule has 0 aliphatic heterocycles. The van der Waals surface area contributed by atoms with Crippen molar-refractivity contribution in [3.63, 3.8) is 0 Å². The molecule has 18 heavy (non-hydrogen) atoms. The van der Waals surface area contributed by atoms with E-state index in [-0.39, 0.29) is 17.6 Å². The van der Waals surface area contributed by atoms with Gasteiger partial charge in [-0.15, -0.1) is 0 Å². The summed E-state index contributed by atoms with van der Waals surface area (Å²) in [5.74, 6) is -0.187. The predicted molar refractivity (Wildman–Crippen MR) is 71.9 cm³/mol. The summed E-state index contributed by atoms with van der Waals surface area (Å²) in [5, 5.41) is 3.19. The van der Waals surface area contributed by atoms with E-state index >= 15 is 0 Å². The van der Waals surface area contributed by atoms with Crippen LogP contribution in [0.4, 0.5) is 4.39 Å². The fourth-order valence-corrected chi connectivity index (χ4v) is 2.59. The molecule has 0 radical (unpaired) electrons. The van der Waals surface area contributed by atoms with E-state index in [0.29, 0.717) is 13.0 Å². The maximum Gasteiger partial charge on any atom is 0.147 e. The first-order valence-electron chi connectivity index (χ1n) is 6.00. The first-order chi connectivity index (χ1) is 8.31. The fraction of sp³-hybridized carbons (Fsp3) is 0.538. The SMILES string of the molecule is CCNC(CCS(C)(=O)=O)c1cc(C)cc(F)c1. The maximum atomic E-state index is 13.4. The van der Waals surface area contributed by atoms with Crippen LogP contribution in [0.25, 0.3) is 0 Å². The second-order valence-corrected chi connectivity index (χ2v) is 6.85. The van der Waals surface area contributed by atoms with Gasteiger partial charge in [0.2, 0.25) is 0 Å². The minimum Gasteiger partial charge on any atom is -0.310 e. The van der Waals surface area contributed by atoms with Crippen molar-refractivity contribution in [2.45, 2.75) is 26.3 Å². The van der Waals surface area contributed by atoms with Crippen molar-refractivity contribution in [3.05, 3.63) is 35.1 Å². The van der Waals surface area contributed by atoms with Crippen molar-refractivity contribution < 1.29 is 12.8 Å². The van der Waals surface area contributed by atoms with Crippen LogP contribution in [0.15, 0.2) is 18.2 Å². The quantitative estimate of drug-likeness (QED) is 0.864. The third-order valence-electron chi connectivity index (χ3n) is 2.69. The van der Waals surface area contributed by atoms with Gasteiger partial charge in [-0.05, 0) is 43.1 Å². The Balaban J connectivity index is 2.89. The molecule has 1 aromatic rings. The van der Waals surface area contributed by atoms with E-state index in [0.717, 1.165) is 11.1 Å². The predicted octanol–water partition coefficient (Wildman–Crippen LogP) is 2.22. The van der Waals surface area contributed by atoms with E-state index in [9.17, 15) is 12.8 Å². The Morgan fingerprint density at radius 2 is 2.00 bits per heavy atom. The third kappa shape index (κ3) is 5.14. The summed E-state index contributed by atoms with van der Waals surface area (Å²) in [6.45, 7) is 4.48. The minimum absolute atomic E-state index is 0.0974. The number of sulfone groups is 1. The topological polar surface area (TPSA) is 46.2 Å². The molecule has 1 atom stereocenters. The molecule has 0 saturated carbocycles. The number of benzene rings is 1. The van der Waals surface area contributed by atoms with Gasteiger partial charge in [0.15, 0.2) is 0 Å². The lowest BCUT2D eigenvalue weighted by molar-refractivity contribution is 0.524. The Kier molecular flexibility index (Phi) is 5.28. The second-order valence-electron chi connectivity index (χ2n) is 4.59. The van der Waals surface area contributed by atoms with Gasteiger partial charge in [-0.25, -0.2) is 12.8 Å². The summed E-state index contributed by atoms with van der Waals surface area (Å²) >= 11 is 0. The highest BCUT2D eigenvalue weighted by molar-refractivity contribution is 7.90. The molecule has 1 aromatic carbocycles. The first-order valence-corrected chi connectivity index (χ1v) is 8.06. The van der Waals surface area contributed by atoms with E-state index in [2.05, 4.69) is 5.32 Å². The lowest BCUT2D eigenvalue weighted by Gasteiger charge is -2.18. The van der Waals surface area contributed by atoms with Gasteiger partial charge in [-0.1, -0.05) is 13.0 Å². The lowest BCUT2D eigenvalue weighted by atomic mass is 10.0. The minimum atomic E-state index is -3.00. The maximum absolute atomic E-state index is 13.4. The van der Waals surface area contributed by atoms with E-state index in [1.54, 1.807) is 0 Å². The Hall–Kier alpha value is -0.940. The van der Waals surface area contributed by atoms with Crippen molar-refractivity contribution in [1.29, 1.82) is 0 Å². The van der Waals surface area contributed by atoms with Crippen molar-refractivity contribution >= 4 is 9.84 Å². The molecular weight excluding hydrogens is 253 g/mol. The van der Waals surface area contributed by atoms with Crippen LogP contribution in [0.2, 0.25) is 0 Å². The van der Waals surface area contributed by atoms with Crippen molar-refractivity contribution in [1.82, 2.24) is 5.32 Å². The molecule has 1 N–H and O–H groups in total. The van der Waals surface area contributed by atoms with Crippen LogP contribution in [0.1, 0.15) is 30.5 Å². The van der Waals surface area contributed by atoms with Gasteiger partial charge in [0.05, 0.1) is 5.75 Å². The highest BCUT2D eigenvalue weighted by Crippen LogP contribution is 2.20. The van der Waals surface area contributed by atoms with Gasteiger partial charge in [0.1, 0.15) is 15.7 Å². The number of halogens is 1. The molecular formula is C13H20FNO2S. The average Bonchev–Trinajstić information content (AvgIpc) is 2.21. The number of hydrogen-bond acceptors (Lipinski definition) is 3. The summed E-state index contributed by atoms with van der Waals surface area (Å²) in [7, 11) is -3.00. The largest absolute Gasteiger partial charge is 0.310 e. The van der Waals surface area contributed by atoms with E-state index in [1.807, 2.05) is 19.9 Å². The highest BCUT2D eigenvalue weighted by Gasteiger charge is 2.14. The molecule has 1 unspecified atom stereocenters. The number of aryl methyl sites for hydroxylation is 1. The Morgan fingerprint density at radius 3 is 2.50 bits per heavy atom. The van der Waals surface area contributed by atoms with E-state index < -0.39 is 9.84 Å². The Labute approximate surface area is 108 Å². The highest BCUT2D eigenvalue weighted by atomic mass is 32.2. The molecule has 0 aliphatic rings. The molecule has 1 rings (SSSR count). The number of hydrogen-bond donors (Lipinski definition) is 1. The van der Waals surface area contributed by atoms with Crippen LogP contribution < -0.4 is 5.32 Å². The fourth-order valence-electron chi connectivity index (χ4n) is 1.93. The second kappa shape index (κ2) is 6.29. The lowest BCUT2D eigenvalue weighted by Crippen LogP contribution is -2.23. The zero-order chi connectivity index (χ0) is 13.8. The van der Waals surface area contributed by atoms with Crippen LogP contribution in [-0.2, 0) is 9.84 Å². The van der Waals surface area contributed by atoms with Crippen LogP contribution in [0.5, 0.6) is 0 Å². The standard InChI is InChI=1S/C13H20FNO2S/c1-4-15-13(5-6-18(3,16)17)11-7-10(2)8-12(14)9-11/h7-9,13,15H,4-6H2,1-3H3. The Bertz CT molecular complexity index is 479. The molecule has 0 saturated heterocycles. The van der Waals surface area contributed by atoms with E-state index in [4.69, 9.17) is 0 Å². The summed E-state index contributed by atoms with van der Waals surface area (Å²) < 4.78 is 35.8. The van der Waals surface area contributed by atoms with Crippen LogP contribution >= 0.6 is 0 Å². The van der Waals surface area contributed by atoms with Gasteiger partial charge in [-0.2, -0.15) is 0 Å². The molecule has 5 heteroatoms. The molecule has 0 heterocycles. The molecule has 3 nitrogen and oxygen atoms in total. The van der Waals surface area contributed by atoms with Crippen molar-refractivity contribution in [2.75, 3.05) is 18.6 Å². The average molecular weight is 273 g/mol. The van der Waals surface area contributed by atoms with Crippen molar-refractivity contribution in [3.8, 4) is 0 Å². The summed E-state index contributed by atoms with van der Waals surface area (Å²) in [6, 6.07) is 4.68. The van der Waals surface area contributed by atoms with Crippen LogP contribution in [0.3, 0.4) is 0 Å². The zero-order valence-electron chi connectivity index (χ0n) is 11.0. The van der Waals surface area contributed by atoms with Crippen LogP contribution in [-0.4, -0.2) is 27.0 Å². The Morgan fingerprint density at radius 1 is 1.33 bits per heavy atom. The summed E-state index contributed by atoms with van der Waals surface area (Å²) in [6.07, 6.45) is 1.67.